The zero-order valence-electron chi connectivity index (χ0n) is 24.1. The van der Waals surface area contributed by atoms with Crippen LogP contribution in [0.4, 0.5) is 0 Å². The van der Waals surface area contributed by atoms with Crippen molar-refractivity contribution in [2.45, 2.75) is 38.3 Å². The predicted octanol–water partition coefficient (Wildman–Crippen LogP) is 3.64. The molecular weight excluding hydrogens is 540 g/mol. The number of para-hydroxylation sites is 1. The highest BCUT2D eigenvalue weighted by Crippen LogP contribution is 2.35. The summed E-state index contributed by atoms with van der Waals surface area (Å²) in [5, 5.41) is 20.1. The van der Waals surface area contributed by atoms with Crippen LogP contribution in [0.1, 0.15) is 53.1 Å². The first kappa shape index (κ1) is 27.1. The normalized spacial score (nSPS) is 21.8. The van der Waals surface area contributed by atoms with Gasteiger partial charge in [0.1, 0.15) is 11.2 Å². The summed E-state index contributed by atoms with van der Waals surface area (Å²) in [5.74, 6) is 6.19. The Morgan fingerprint density at radius 1 is 1.12 bits per heavy atom. The fourth-order valence-electron chi connectivity index (χ4n) is 6.61. The Balaban J connectivity index is 1.32. The molecule has 2 bridgehead atoms. The minimum Gasteiger partial charge on any atom is -0.376 e. The van der Waals surface area contributed by atoms with Crippen molar-refractivity contribution >= 4 is 22.3 Å². The number of pyridine rings is 1. The van der Waals surface area contributed by atoms with E-state index in [1.165, 1.54) is 0 Å². The Morgan fingerprint density at radius 2 is 1.91 bits per heavy atom. The minimum atomic E-state index is -1.08. The molecule has 3 fully saturated rings. The van der Waals surface area contributed by atoms with Gasteiger partial charge in [0.15, 0.2) is 5.65 Å². The summed E-state index contributed by atoms with van der Waals surface area (Å²) < 4.78 is 3.22. The van der Waals surface area contributed by atoms with Gasteiger partial charge in [-0.05, 0) is 75.5 Å². The van der Waals surface area contributed by atoms with Crippen molar-refractivity contribution < 1.29 is 9.90 Å². The van der Waals surface area contributed by atoms with Crippen molar-refractivity contribution in [3.63, 3.8) is 0 Å². The maximum absolute atomic E-state index is 14.4. The second-order valence-corrected chi connectivity index (χ2v) is 11.6. The largest absolute Gasteiger partial charge is 0.376 e. The van der Waals surface area contributed by atoms with Gasteiger partial charge in [0.2, 0.25) is 0 Å². The van der Waals surface area contributed by atoms with Crippen LogP contribution in [0.15, 0.2) is 77.9 Å². The van der Waals surface area contributed by atoms with Crippen molar-refractivity contribution in [2.75, 3.05) is 19.6 Å². The molecule has 0 aliphatic carbocycles. The SMILES string of the molecule is Cc1nn2cccnc2c1C(=O)N[C@@H](C)c1cc2cccc(C#CC3(O)CN4CCC3CC4)c2c(=O)n1-c1ccccc1. The van der Waals surface area contributed by atoms with Gasteiger partial charge in [-0.3, -0.25) is 19.1 Å². The smallest absolute Gasteiger partial charge is 0.264 e. The number of hydrogen-bond donors (Lipinski definition) is 2. The number of amides is 1. The van der Waals surface area contributed by atoms with Crippen LogP contribution in [0.25, 0.3) is 22.1 Å². The lowest BCUT2D eigenvalue weighted by Crippen LogP contribution is -2.58. The van der Waals surface area contributed by atoms with Gasteiger partial charge in [-0.25, -0.2) is 9.50 Å². The molecule has 5 aromatic rings. The van der Waals surface area contributed by atoms with E-state index in [1.807, 2.05) is 61.5 Å². The van der Waals surface area contributed by atoms with Crippen molar-refractivity contribution in [2.24, 2.45) is 5.92 Å². The average molecular weight is 573 g/mol. The fourth-order valence-corrected chi connectivity index (χ4v) is 6.61. The number of nitrogens with one attached hydrogen (secondary N) is 1. The molecule has 0 spiro atoms. The highest BCUT2D eigenvalue weighted by Gasteiger charge is 2.44. The van der Waals surface area contributed by atoms with Crippen LogP contribution >= 0.6 is 0 Å². The van der Waals surface area contributed by atoms with E-state index in [9.17, 15) is 14.7 Å². The first-order chi connectivity index (χ1) is 20.8. The predicted molar refractivity (Wildman–Crippen MR) is 164 cm³/mol. The van der Waals surface area contributed by atoms with E-state index in [-0.39, 0.29) is 17.4 Å². The lowest BCUT2D eigenvalue weighted by molar-refractivity contribution is -0.0713. The van der Waals surface area contributed by atoms with E-state index in [0.29, 0.717) is 45.8 Å². The van der Waals surface area contributed by atoms with Gasteiger partial charge >= 0.3 is 0 Å². The van der Waals surface area contributed by atoms with Crippen molar-refractivity contribution in [1.82, 2.24) is 29.4 Å². The summed E-state index contributed by atoms with van der Waals surface area (Å²) in [6.45, 7) is 6.16. The average Bonchev–Trinajstić information content (AvgIpc) is 3.36. The minimum absolute atomic E-state index is 0.143. The van der Waals surface area contributed by atoms with Gasteiger partial charge < -0.3 is 10.4 Å². The number of carbonyl (C=O) groups is 1. The summed E-state index contributed by atoms with van der Waals surface area (Å²) in [6.07, 6.45) is 5.24. The number of benzene rings is 2. The van der Waals surface area contributed by atoms with E-state index in [0.717, 1.165) is 31.3 Å². The zero-order chi connectivity index (χ0) is 29.7. The first-order valence-electron chi connectivity index (χ1n) is 14.7. The molecule has 2 aromatic carbocycles. The number of aliphatic hydroxyl groups is 1. The Morgan fingerprint density at radius 3 is 2.65 bits per heavy atom. The maximum atomic E-state index is 14.4. The number of rotatable bonds is 4. The molecule has 2 atom stereocenters. The first-order valence-corrected chi connectivity index (χ1v) is 14.7. The molecule has 3 aliphatic heterocycles. The number of fused-ring (bicyclic) bond motifs is 5. The van der Waals surface area contributed by atoms with Crippen molar-refractivity contribution in [3.05, 3.63) is 106 Å². The number of nitrogens with zero attached hydrogens (tertiary/aromatic N) is 5. The van der Waals surface area contributed by atoms with Crippen molar-refractivity contribution in [1.29, 1.82) is 0 Å². The Kier molecular flexibility index (Phi) is 6.61. The van der Waals surface area contributed by atoms with Gasteiger partial charge in [-0.2, -0.15) is 5.10 Å². The number of aromatic nitrogens is 4. The maximum Gasteiger partial charge on any atom is 0.264 e. The summed E-state index contributed by atoms with van der Waals surface area (Å²) in [7, 11) is 0. The van der Waals surface area contributed by atoms with Crippen LogP contribution < -0.4 is 10.9 Å². The van der Waals surface area contributed by atoms with Gasteiger partial charge in [0.05, 0.1) is 17.1 Å². The number of piperidine rings is 3. The molecule has 8 rings (SSSR count). The van der Waals surface area contributed by atoms with Crippen LogP contribution in [-0.2, 0) is 0 Å². The van der Waals surface area contributed by atoms with Gasteiger partial charge in [-0.1, -0.05) is 42.2 Å². The molecule has 0 radical (unpaired) electrons. The van der Waals surface area contributed by atoms with Gasteiger partial charge in [0.25, 0.3) is 11.5 Å². The van der Waals surface area contributed by atoms with Crippen LogP contribution in [0.2, 0.25) is 0 Å². The zero-order valence-corrected chi connectivity index (χ0v) is 24.1. The summed E-state index contributed by atoms with van der Waals surface area (Å²) in [4.78, 5) is 34.5. The quantitative estimate of drug-likeness (QED) is 0.319. The van der Waals surface area contributed by atoms with E-state index in [4.69, 9.17) is 0 Å². The molecular formula is C34H32N6O3. The summed E-state index contributed by atoms with van der Waals surface area (Å²) in [5.41, 5.74) is 1.99. The second-order valence-electron chi connectivity index (χ2n) is 11.6. The highest BCUT2D eigenvalue weighted by atomic mass is 16.3. The molecule has 3 aliphatic rings. The fraction of sp³-hybridized carbons (Fsp3) is 0.294. The van der Waals surface area contributed by atoms with Gasteiger partial charge in [0, 0.05) is 41.8 Å². The molecule has 0 saturated carbocycles. The van der Waals surface area contributed by atoms with E-state index in [2.05, 4.69) is 32.1 Å². The lowest BCUT2D eigenvalue weighted by atomic mass is 9.75. The third-order valence-electron chi connectivity index (χ3n) is 8.82. The summed E-state index contributed by atoms with van der Waals surface area (Å²) in [6, 6.07) is 18.1. The number of hydrogen-bond acceptors (Lipinski definition) is 6. The third-order valence-corrected chi connectivity index (χ3v) is 8.82. The van der Waals surface area contributed by atoms with Crippen LogP contribution in [0, 0.1) is 24.7 Å². The Bertz CT molecular complexity index is 2000. The van der Waals surface area contributed by atoms with E-state index < -0.39 is 11.6 Å². The molecule has 2 N–H and O–H groups in total. The molecule has 1 unspecified atom stereocenters. The monoisotopic (exact) mass is 572 g/mol. The molecule has 1 amide bonds. The van der Waals surface area contributed by atoms with E-state index in [1.54, 1.807) is 34.5 Å². The molecule has 43 heavy (non-hydrogen) atoms. The molecule has 3 aromatic heterocycles. The summed E-state index contributed by atoms with van der Waals surface area (Å²) >= 11 is 0. The topological polar surface area (TPSA) is 105 Å². The van der Waals surface area contributed by atoms with E-state index >= 15 is 0 Å². The number of aryl methyl sites for hydroxylation is 1. The van der Waals surface area contributed by atoms with Crippen LogP contribution in [0.3, 0.4) is 0 Å². The molecule has 3 saturated heterocycles. The Labute approximate surface area is 248 Å². The van der Waals surface area contributed by atoms with Crippen LogP contribution in [-0.4, -0.2) is 60.3 Å². The standard InChI is InChI=1S/C34H32N6O3/c1-22(36-32(41)29-23(2)37-39-17-7-16-35-31(29)39)28-20-25-9-6-8-24(12-15-34(43)21-38-18-13-26(34)14-19-38)30(25)33(42)40(28)27-10-4-3-5-11-27/h3-11,16-17,20,22,26,43H,13-14,18-19,21H2,1-2H3,(H,36,41)/t22-,34?/m0/s1. The molecule has 6 heterocycles. The molecule has 9 heteroatoms. The lowest BCUT2D eigenvalue weighted by Gasteiger charge is -2.47. The Hall–Kier alpha value is -4.78. The highest BCUT2D eigenvalue weighted by molar-refractivity contribution is 6.01. The number of carbonyl (C=O) groups excluding carboxylic acids is 1. The van der Waals surface area contributed by atoms with Crippen LogP contribution in [0.5, 0.6) is 0 Å². The van der Waals surface area contributed by atoms with Crippen molar-refractivity contribution in [3.8, 4) is 17.5 Å². The second kappa shape index (κ2) is 10.5. The molecule has 216 valence electrons. The molecule has 9 nitrogen and oxygen atoms in total. The van der Waals surface area contributed by atoms with Gasteiger partial charge in [-0.15, -0.1) is 0 Å². The third kappa shape index (κ3) is 4.69.